The van der Waals surface area contributed by atoms with Crippen molar-refractivity contribution < 1.29 is 18.0 Å². The number of rotatable bonds is 5. The van der Waals surface area contributed by atoms with E-state index in [1.807, 2.05) is 54.6 Å². The van der Waals surface area contributed by atoms with Crippen molar-refractivity contribution in [1.82, 2.24) is 25.9 Å². The lowest BCUT2D eigenvalue weighted by molar-refractivity contribution is -0.173. The van der Waals surface area contributed by atoms with Gasteiger partial charge in [-0.2, -0.15) is 18.3 Å². The average Bonchev–Trinajstić information content (AvgIpc) is 3.30. The number of hydrazine groups is 1. The Morgan fingerprint density at radius 1 is 1.14 bits per heavy atom. The van der Waals surface area contributed by atoms with Gasteiger partial charge in [0.25, 0.3) is 5.91 Å². The Morgan fingerprint density at radius 2 is 1.83 bits per heavy atom. The second-order valence-electron chi connectivity index (χ2n) is 8.92. The number of aromatic nitrogens is 2. The molecule has 36 heavy (non-hydrogen) atoms. The third kappa shape index (κ3) is 5.96. The Balaban J connectivity index is 1.44. The number of nitrogens with zero attached hydrogens (tertiary/aromatic N) is 2. The van der Waals surface area contributed by atoms with E-state index in [4.69, 9.17) is 12.2 Å². The van der Waals surface area contributed by atoms with Crippen molar-refractivity contribution in [2.24, 2.45) is 0 Å². The number of nitrogens with one attached hydrogen (secondary N) is 4. The summed E-state index contributed by atoms with van der Waals surface area (Å²) in [7, 11) is 0. The van der Waals surface area contributed by atoms with E-state index in [1.165, 1.54) is 6.07 Å². The molecule has 0 aliphatic carbocycles. The quantitative estimate of drug-likeness (QED) is 0.283. The molecular formula is C25H27F3N6OS. The Bertz CT molecular complexity index is 1210. The van der Waals surface area contributed by atoms with Gasteiger partial charge in [-0.05, 0) is 34.8 Å². The summed E-state index contributed by atoms with van der Waals surface area (Å²) in [5.41, 5.74) is 7.60. The van der Waals surface area contributed by atoms with Crippen LogP contribution in [0, 0.1) is 0 Å². The first-order valence-corrected chi connectivity index (χ1v) is 11.9. The number of carbonyl (C=O) groups excluding carboxylic acids is 1. The van der Waals surface area contributed by atoms with Crippen LogP contribution in [-0.4, -0.2) is 27.0 Å². The van der Waals surface area contributed by atoms with E-state index in [0.29, 0.717) is 12.5 Å². The molecule has 2 atom stereocenters. The summed E-state index contributed by atoms with van der Waals surface area (Å²) in [5.74, 6) is -0.267. The second kappa shape index (κ2) is 10.6. The van der Waals surface area contributed by atoms with Crippen molar-refractivity contribution in [1.29, 1.82) is 0 Å². The standard InChI is InChI=1S/C25H27F3N6OS/c1-15(2)17-8-10-18(11-9-17)19-12-21(25(26,27)28)34-22(30-19)13-20(33-34)23(35)31-32-24(36)29-14-16-6-4-3-5-7-16/h3-11,13,15,19,21,30H,12,14H2,1-2H3,(H,31,35)(H2,29,32,36)/t19-,21-/m1/s1. The van der Waals surface area contributed by atoms with E-state index < -0.39 is 24.2 Å². The number of carbonyl (C=O) groups is 1. The van der Waals surface area contributed by atoms with Gasteiger partial charge >= 0.3 is 6.18 Å². The smallest absolute Gasteiger partial charge is 0.363 e. The van der Waals surface area contributed by atoms with Crippen LogP contribution in [0.15, 0.2) is 60.7 Å². The van der Waals surface area contributed by atoms with E-state index in [-0.39, 0.29) is 23.0 Å². The Hall–Kier alpha value is -3.60. The maximum absolute atomic E-state index is 13.9. The maximum Gasteiger partial charge on any atom is 0.410 e. The number of alkyl halides is 3. The molecule has 0 saturated carbocycles. The number of benzene rings is 2. The number of halogens is 3. The fourth-order valence-corrected chi connectivity index (χ4v) is 4.14. The number of anilines is 1. The fraction of sp³-hybridized carbons (Fsp3) is 0.320. The Labute approximate surface area is 212 Å². The zero-order valence-corrected chi connectivity index (χ0v) is 20.6. The van der Waals surface area contributed by atoms with Gasteiger partial charge in [0.2, 0.25) is 0 Å². The van der Waals surface area contributed by atoms with E-state index in [0.717, 1.165) is 21.4 Å². The van der Waals surface area contributed by atoms with Crippen molar-refractivity contribution in [3.63, 3.8) is 0 Å². The molecule has 190 valence electrons. The van der Waals surface area contributed by atoms with Crippen LogP contribution in [0.1, 0.15) is 65.4 Å². The lowest BCUT2D eigenvalue weighted by atomic mass is 9.94. The van der Waals surface area contributed by atoms with Crippen LogP contribution >= 0.6 is 12.2 Å². The summed E-state index contributed by atoms with van der Waals surface area (Å²) in [6.07, 6.45) is -4.78. The largest absolute Gasteiger partial charge is 0.410 e. The van der Waals surface area contributed by atoms with Crippen LogP contribution in [0.2, 0.25) is 0 Å². The molecule has 4 rings (SSSR count). The van der Waals surface area contributed by atoms with Gasteiger partial charge < -0.3 is 10.6 Å². The maximum atomic E-state index is 13.9. The molecule has 1 aromatic heterocycles. The van der Waals surface area contributed by atoms with Gasteiger partial charge in [0.05, 0.1) is 6.04 Å². The third-order valence-electron chi connectivity index (χ3n) is 6.01. The minimum absolute atomic E-state index is 0.122. The molecule has 0 bridgehead atoms. The van der Waals surface area contributed by atoms with Gasteiger partial charge in [-0.25, -0.2) is 4.68 Å². The van der Waals surface area contributed by atoms with Crippen molar-refractivity contribution in [2.75, 3.05) is 5.32 Å². The number of hydrogen-bond donors (Lipinski definition) is 4. The highest BCUT2D eigenvalue weighted by atomic mass is 32.1. The summed E-state index contributed by atoms with van der Waals surface area (Å²) in [4.78, 5) is 12.6. The molecule has 11 heteroatoms. The molecule has 1 amide bonds. The number of fused-ring (bicyclic) bond motifs is 1. The third-order valence-corrected chi connectivity index (χ3v) is 6.26. The van der Waals surface area contributed by atoms with Crippen LogP contribution in [-0.2, 0) is 6.54 Å². The summed E-state index contributed by atoms with van der Waals surface area (Å²) in [6.45, 7) is 4.55. The van der Waals surface area contributed by atoms with Crippen molar-refractivity contribution in [3.8, 4) is 0 Å². The fourth-order valence-electron chi connectivity index (χ4n) is 4.02. The molecule has 0 radical (unpaired) electrons. The number of thiocarbonyl (C=S) groups is 1. The van der Waals surface area contributed by atoms with Gasteiger partial charge in [0, 0.05) is 19.0 Å². The molecule has 0 unspecified atom stereocenters. The highest BCUT2D eigenvalue weighted by Gasteiger charge is 2.46. The van der Waals surface area contributed by atoms with Crippen LogP contribution in [0.25, 0.3) is 0 Å². The Kier molecular flexibility index (Phi) is 7.48. The van der Waals surface area contributed by atoms with Crippen LogP contribution in [0.5, 0.6) is 0 Å². The number of hydrogen-bond acceptors (Lipinski definition) is 4. The first-order valence-electron chi connectivity index (χ1n) is 11.5. The molecule has 2 heterocycles. The average molecular weight is 517 g/mol. The minimum Gasteiger partial charge on any atom is -0.363 e. The zero-order valence-electron chi connectivity index (χ0n) is 19.8. The predicted molar refractivity (Wildman–Crippen MR) is 135 cm³/mol. The van der Waals surface area contributed by atoms with Gasteiger partial charge in [-0.1, -0.05) is 68.4 Å². The molecule has 4 N–H and O–H groups in total. The zero-order chi connectivity index (χ0) is 25.9. The van der Waals surface area contributed by atoms with Crippen LogP contribution in [0.3, 0.4) is 0 Å². The lowest BCUT2D eigenvalue weighted by Crippen LogP contribution is -2.46. The molecule has 1 aliphatic rings. The van der Waals surface area contributed by atoms with E-state index in [1.54, 1.807) is 0 Å². The molecular weight excluding hydrogens is 489 g/mol. The van der Waals surface area contributed by atoms with Crippen LogP contribution in [0.4, 0.5) is 19.0 Å². The summed E-state index contributed by atoms with van der Waals surface area (Å²) in [6, 6.07) is 15.9. The number of amides is 1. The highest BCUT2D eigenvalue weighted by Crippen LogP contribution is 2.43. The van der Waals surface area contributed by atoms with Gasteiger partial charge in [-0.3, -0.25) is 15.6 Å². The first-order chi connectivity index (χ1) is 17.1. The summed E-state index contributed by atoms with van der Waals surface area (Å²) >= 11 is 5.15. The molecule has 7 nitrogen and oxygen atoms in total. The molecule has 1 aliphatic heterocycles. The SMILES string of the molecule is CC(C)c1ccc([C@H]2C[C@H](C(F)(F)F)n3nc(C(=O)NNC(=S)NCc4ccccc4)cc3N2)cc1. The van der Waals surface area contributed by atoms with E-state index >= 15 is 0 Å². The van der Waals surface area contributed by atoms with E-state index in [2.05, 4.69) is 40.4 Å². The van der Waals surface area contributed by atoms with Crippen molar-refractivity contribution in [2.45, 2.75) is 51.0 Å². The summed E-state index contributed by atoms with van der Waals surface area (Å²) < 4.78 is 42.7. The molecule has 0 spiro atoms. The van der Waals surface area contributed by atoms with Crippen LogP contribution < -0.4 is 21.5 Å². The summed E-state index contributed by atoms with van der Waals surface area (Å²) in [5, 5.41) is 10.2. The molecule has 0 saturated heterocycles. The van der Waals surface area contributed by atoms with E-state index in [9.17, 15) is 18.0 Å². The second-order valence-corrected chi connectivity index (χ2v) is 9.33. The van der Waals surface area contributed by atoms with Crippen molar-refractivity contribution >= 4 is 29.1 Å². The predicted octanol–water partition coefficient (Wildman–Crippen LogP) is 4.98. The molecule has 0 fully saturated rings. The lowest BCUT2D eigenvalue weighted by Gasteiger charge is -2.33. The minimum atomic E-state index is -4.53. The van der Waals surface area contributed by atoms with Gasteiger partial charge in [-0.15, -0.1) is 0 Å². The van der Waals surface area contributed by atoms with Gasteiger partial charge in [0.15, 0.2) is 16.8 Å². The normalized spacial score (nSPS) is 17.2. The highest BCUT2D eigenvalue weighted by molar-refractivity contribution is 7.80. The topological polar surface area (TPSA) is 83.0 Å². The Morgan fingerprint density at radius 3 is 2.47 bits per heavy atom. The van der Waals surface area contributed by atoms with Crippen molar-refractivity contribution in [3.05, 3.63) is 83.0 Å². The van der Waals surface area contributed by atoms with Gasteiger partial charge in [0.1, 0.15) is 5.82 Å². The molecule has 2 aromatic carbocycles. The first kappa shape index (κ1) is 25.5. The molecule has 3 aromatic rings. The monoisotopic (exact) mass is 516 g/mol.